The summed E-state index contributed by atoms with van der Waals surface area (Å²) < 4.78 is 0. The van der Waals surface area contributed by atoms with Gasteiger partial charge in [-0.05, 0) is 62.3 Å². The van der Waals surface area contributed by atoms with Crippen LogP contribution in [0.5, 0.6) is 5.75 Å². The number of amides is 4. The first-order chi connectivity index (χ1) is 23.9. The highest BCUT2D eigenvalue weighted by Gasteiger charge is 2.34. The molecule has 20 heteroatoms. The second-order valence-electron chi connectivity index (χ2n) is 12.1. The SMILES string of the molecule is CC(C)[C@H](NC(=O)[C@H](CC(=O)O)NC(=O)[C@H](CCCCN)NC(=O)[C@@H](N)CCCNC(=N)N)C(=O)N[C@@H](Cc1ccc(O)c(C(N)=S)c1)C(=O)O. The van der Waals surface area contributed by atoms with Gasteiger partial charge in [0.15, 0.2) is 5.96 Å². The largest absolute Gasteiger partial charge is 0.507 e. The van der Waals surface area contributed by atoms with Gasteiger partial charge >= 0.3 is 11.9 Å². The first kappa shape index (κ1) is 43.9. The van der Waals surface area contributed by atoms with Crippen molar-refractivity contribution in [1.29, 1.82) is 5.41 Å². The van der Waals surface area contributed by atoms with Crippen LogP contribution in [0.1, 0.15) is 63.5 Å². The molecule has 0 saturated carbocycles. The van der Waals surface area contributed by atoms with Crippen molar-refractivity contribution >= 4 is 58.7 Å². The summed E-state index contributed by atoms with van der Waals surface area (Å²) in [5.41, 5.74) is 22.9. The molecular weight excluding hydrogens is 688 g/mol. The number of phenolic OH excluding ortho intramolecular Hbond substituents is 1. The molecule has 0 spiro atoms. The number of guanidine groups is 1. The molecule has 284 valence electrons. The van der Waals surface area contributed by atoms with Gasteiger partial charge < -0.3 is 64.8 Å². The number of hydrogen-bond donors (Lipinski definition) is 13. The molecule has 1 rings (SSSR count). The van der Waals surface area contributed by atoms with Crippen molar-refractivity contribution in [2.75, 3.05) is 13.1 Å². The molecule has 4 amide bonds. The Morgan fingerprint density at radius 1 is 0.843 bits per heavy atom. The number of hydrogen-bond acceptors (Lipinski definition) is 11. The van der Waals surface area contributed by atoms with E-state index in [2.05, 4.69) is 26.6 Å². The number of rotatable bonds is 23. The molecule has 0 aliphatic rings. The van der Waals surface area contributed by atoms with E-state index in [0.29, 0.717) is 31.4 Å². The standard InChI is InChI=1S/C31H50N10O9S/c1-15(2)24(29(48)40-21(30(49)50)13-16-8-9-22(42)17(12-16)25(34)51)41-28(47)20(14-23(43)44)39-27(46)19(7-3-4-10-32)38-26(45)18(33)6-5-11-37-31(35)36/h8-9,12,15,18-21,24,42H,3-7,10-11,13-14,32-33H2,1-2H3,(H2,34,51)(H,38,45)(H,39,46)(H,40,48)(H,41,47)(H,43,44)(H,49,50)(H4,35,36,37)/t18-,19-,20-,21-,24-/m0/s1. The molecule has 0 heterocycles. The summed E-state index contributed by atoms with van der Waals surface area (Å²) in [6.07, 6.45) is 0.418. The summed E-state index contributed by atoms with van der Waals surface area (Å²) in [4.78, 5) is 76.6. The van der Waals surface area contributed by atoms with Crippen LogP contribution < -0.4 is 49.5 Å². The Balaban J connectivity index is 3.13. The third-order valence-corrected chi connectivity index (χ3v) is 7.78. The molecule has 1 aromatic carbocycles. The minimum Gasteiger partial charge on any atom is -0.507 e. The normalized spacial score (nSPS) is 13.8. The van der Waals surface area contributed by atoms with Crippen molar-refractivity contribution in [2.45, 2.75) is 89.0 Å². The summed E-state index contributed by atoms with van der Waals surface area (Å²) in [5, 5.41) is 48.7. The number of nitrogens with one attached hydrogen (secondary N) is 6. The van der Waals surface area contributed by atoms with Crippen LogP contribution in [-0.2, 0) is 35.2 Å². The number of aliphatic carboxylic acids is 2. The fraction of sp³-hybridized carbons (Fsp3) is 0.548. The van der Waals surface area contributed by atoms with E-state index in [1.54, 1.807) is 13.8 Å². The van der Waals surface area contributed by atoms with Crippen LogP contribution in [0.4, 0.5) is 0 Å². The number of benzene rings is 1. The van der Waals surface area contributed by atoms with Gasteiger partial charge in [-0.15, -0.1) is 0 Å². The third-order valence-electron chi connectivity index (χ3n) is 7.56. The minimum atomic E-state index is -1.70. The lowest BCUT2D eigenvalue weighted by molar-refractivity contribution is -0.143. The number of aromatic hydroxyl groups is 1. The van der Waals surface area contributed by atoms with Crippen LogP contribution in [0.25, 0.3) is 0 Å². The van der Waals surface area contributed by atoms with Crippen molar-refractivity contribution in [3.63, 3.8) is 0 Å². The van der Waals surface area contributed by atoms with Gasteiger partial charge in [0.05, 0.1) is 18.0 Å². The quantitative estimate of drug-likeness (QED) is 0.0238. The van der Waals surface area contributed by atoms with E-state index in [1.165, 1.54) is 18.2 Å². The smallest absolute Gasteiger partial charge is 0.326 e. The maximum absolute atomic E-state index is 13.4. The molecule has 17 N–H and O–H groups in total. The zero-order valence-electron chi connectivity index (χ0n) is 28.6. The van der Waals surface area contributed by atoms with Gasteiger partial charge in [-0.3, -0.25) is 29.4 Å². The molecular formula is C31H50N10O9S. The fourth-order valence-corrected chi connectivity index (χ4v) is 4.93. The fourth-order valence-electron chi connectivity index (χ4n) is 4.77. The zero-order chi connectivity index (χ0) is 38.8. The van der Waals surface area contributed by atoms with Crippen molar-refractivity contribution in [3.8, 4) is 5.75 Å². The first-order valence-electron chi connectivity index (χ1n) is 16.2. The number of nitrogens with two attached hydrogens (primary N) is 4. The summed E-state index contributed by atoms with van der Waals surface area (Å²) in [7, 11) is 0. The van der Waals surface area contributed by atoms with Crippen LogP contribution in [-0.4, -0.2) is 105 Å². The van der Waals surface area contributed by atoms with E-state index in [4.69, 9.17) is 40.6 Å². The predicted molar refractivity (Wildman–Crippen MR) is 190 cm³/mol. The monoisotopic (exact) mass is 738 g/mol. The third kappa shape index (κ3) is 16.0. The van der Waals surface area contributed by atoms with Crippen molar-refractivity contribution in [1.82, 2.24) is 26.6 Å². The van der Waals surface area contributed by atoms with Gasteiger partial charge in [0.25, 0.3) is 0 Å². The Kier molecular flexibility index (Phi) is 18.9. The molecule has 5 atom stereocenters. The maximum Gasteiger partial charge on any atom is 0.326 e. The Morgan fingerprint density at radius 2 is 1.45 bits per heavy atom. The van der Waals surface area contributed by atoms with Crippen LogP contribution in [0.2, 0.25) is 0 Å². The molecule has 0 bridgehead atoms. The molecule has 0 radical (unpaired) electrons. The van der Waals surface area contributed by atoms with Crippen molar-refractivity contribution in [2.24, 2.45) is 28.9 Å². The van der Waals surface area contributed by atoms with Gasteiger partial charge in [0, 0.05) is 13.0 Å². The average Bonchev–Trinajstić information content (AvgIpc) is 3.04. The number of carbonyl (C=O) groups is 6. The second kappa shape index (κ2) is 21.9. The average molecular weight is 739 g/mol. The molecule has 0 aromatic heterocycles. The molecule has 1 aromatic rings. The van der Waals surface area contributed by atoms with E-state index >= 15 is 0 Å². The van der Waals surface area contributed by atoms with E-state index in [-0.39, 0.29) is 48.1 Å². The lowest BCUT2D eigenvalue weighted by Crippen LogP contribution is -2.59. The zero-order valence-corrected chi connectivity index (χ0v) is 29.4. The Labute approximate surface area is 300 Å². The maximum atomic E-state index is 13.4. The van der Waals surface area contributed by atoms with Gasteiger partial charge in [0.2, 0.25) is 23.6 Å². The summed E-state index contributed by atoms with van der Waals surface area (Å²) in [6, 6.07) is -2.73. The van der Waals surface area contributed by atoms with Crippen LogP contribution in [0, 0.1) is 11.3 Å². The first-order valence-corrected chi connectivity index (χ1v) is 16.6. The van der Waals surface area contributed by atoms with Gasteiger partial charge in [0.1, 0.15) is 34.9 Å². The topological polar surface area (TPSA) is 351 Å². The Bertz CT molecular complexity index is 1430. The number of carboxylic acids is 2. The lowest BCUT2D eigenvalue weighted by Gasteiger charge is -2.27. The van der Waals surface area contributed by atoms with Gasteiger partial charge in [-0.2, -0.15) is 0 Å². The number of unbranched alkanes of at least 4 members (excludes halogenated alkanes) is 1. The number of phenols is 1. The van der Waals surface area contributed by atoms with Crippen molar-refractivity contribution in [3.05, 3.63) is 29.3 Å². The van der Waals surface area contributed by atoms with E-state index in [0.717, 1.165) is 0 Å². The molecule has 0 saturated heterocycles. The molecule has 0 fully saturated rings. The highest BCUT2D eigenvalue weighted by Crippen LogP contribution is 2.19. The molecule has 0 unspecified atom stereocenters. The lowest BCUT2D eigenvalue weighted by atomic mass is 9.99. The molecule has 0 aliphatic heterocycles. The highest BCUT2D eigenvalue weighted by atomic mass is 32.1. The summed E-state index contributed by atoms with van der Waals surface area (Å²) >= 11 is 4.90. The van der Waals surface area contributed by atoms with E-state index in [9.17, 15) is 44.1 Å². The minimum absolute atomic E-state index is 0.0853. The highest BCUT2D eigenvalue weighted by molar-refractivity contribution is 7.80. The van der Waals surface area contributed by atoms with Gasteiger partial charge in [-0.1, -0.05) is 32.1 Å². The number of thiocarbonyl (C=S) groups is 1. The number of carbonyl (C=O) groups excluding carboxylic acids is 4. The Morgan fingerprint density at radius 3 is 2.00 bits per heavy atom. The molecule has 0 aliphatic carbocycles. The molecule has 19 nitrogen and oxygen atoms in total. The molecule has 51 heavy (non-hydrogen) atoms. The predicted octanol–water partition coefficient (Wildman–Crippen LogP) is -2.56. The Hall–Kier alpha value is -5.08. The number of carboxylic acid groups (broad SMARTS) is 2. The van der Waals surface area contributed by atoms with Crippen LogP contribution in [0.15, 0.2) is 18.2 Å². The summed E-state index contributed by atoms with van der Waals surface area (Å²) in [6.45, 7) is 3.70. The van der Waals surface area contributed by atoms with E-state index < -0.39 is 78.1 Å². The second-order valence-corrected chi connectivity index (χ2v) is 12.6. The van der Waals surface area contributed by atoms with Gasteiger partial charge in [-0.25, -0.2) is 4.79 Å². The van der Waals surface area contributed by atoms with Crippen LogP contribution >= 0.6 is 12.2 Å². The van der Waals surface area contributed by atoms with Crippen molar-refractivity contribution < 1.29 is 44.1 Å². The van der Waals surface area contributed by atoms with E-state index in [1.807, 2.05) is 0 Å². The summed E-state index contributed by atoms with van der Waals surface area (Å²) in [5.74, 6) is -7.46. The van der Waals surface area contributed by atoms with Crippen LogP contribution in [0.3, 0.4) is 0 Å².